The van der Waals surface area contributed by atoms with Gasteiger partial charge in [-0.15, -0.1) is 6.42 Å². The van der Waals surface area contributed by atoms with Gasteiger partial charge in [-0.3, -0.25) is 0 Å². The molecule has 0 atom stereocenters. The third-order valence-electron chi connectivity index (χ3n) is 2.10. The van der Waals surface area contributed by atoms with Crippen LogP contribution in [0.5, 0.6) is 0 Å². The summed E-state index contributed by atoms with van der Waals surface area (Å²) >= 11 is 0. The lowest BCUT2D eigenvalue weighted by Crippen LogP contribution is -2.14. The van der Waals surface area contributed by atoms with E-state index in [9.17, 15) is 4.79 Å². The fourth-order valence-corrected chi connectivity index (χ4v) is 1.23. The third kappa shape index (κ3) is 4.04. The second-order valence-corrected chi connectivity index (χ2v) is 3.40. The number of terminal acetylenes is 1. The molecule has 0 aliphatic rings. The van der Waals surface area contributed by atoms with Crippen LogP contribution >= 0.6 is 0 Å². The maximum atomic E-state index is 11.3. The first-order chi connectivity index (χ1) is 8.17. The summed E-state index contributed by atoms with van der Waals surface area (Å²) in [6.45, 7) is 6.10. The molecule has 1 aromatic rings. The Morgan fingerprint density at radius 3 is 3.00 bits per heavy atom. The van der Waals surface area contributed by atoms with Crippen molar-refractivity contribution >= 4 is 11.7 Å². The maximum Gasteiger partial charge on any atom is 0.335 e. The number of hydrogen-bond donors (Lipinski definition) is 1. The van der Waals surface area contributed by atoms with Gasteiger partial charge >= 0.3 is 5.97 Å². The largest absolute Gasteiger partial charge is 0.463 e. The molecule has 0 aliphatic heterocycles. The smallest absolute Gasteiger partial charge is 0.335 e. The standard InChI is InChI=1S/C14H15NO2/c1-4-12-7-6-8-13(9-12)15-10-11(3)14(16)17-5-2/h1,6-9,15H,3,5,10H2,2H3. The summed E-state index contributed by atoms with van der Waals surface area (Å²) < 4.78 is 4.83. The van der Waals surface area contributed by atoms with Gasteiger partial charge in [-0.05, 0) is 25.1 Å². The van der Waals surface area contributed by atoms with E-state index in [4.69, 9.17) is 11.2 Å². The van der Waals surface area contributed by atoms with Crippen LogP contribution in [0.1, 0.15) is 12.5 Å². The molecule has 0 aliphatic carbocycles. The predicted molar refractivity (Wildman–Crippen MR) is 68.6 cm³/mol. The molecule has 0 fully saturated rings. The maximum absolute atomic E-state index is 11.3. The second-order valence-electron chi connectivity index (χ2n) is 3.40. The molecule has 0 heterocycles. The highest BCUT2D eigenvalue weighted by Gasteiger charge is 2.06. The van der Waals surface area contributed by atoms with E-state index in [-0.39, 0.29) is 5.97 Å². The third-order valence-corrected chi connectivity index (χ3v) is 2.10. The van der Waals surface area contributed by atoms with Crippen LogP contribution in [0.4, 0.5) is 5.69 Å². The van der Waals surface area contributed by atoms with E-state index < -0.39 is 0 Å². The number of rotatable bonds is 5. The van der Waals surface area contributed by atoms with Gasteiger partial charge in [0, 0.05) is 23.4 Å². The quantitative estimate of drug-likeness (QED) is 0.478. The summed E-state index contributed by atoms with van der Waals surface area (Å²) in [6, 6.07) is 7.40. The van der Waals surface area contributed by atoms with Gasteiger partial charge in [0.1, 0.15) is 0 Å². The van der Waals surface area contributed by atoms with Crippen molar-refractivity contribution in [1.29, 1.82) is 0 Å². The summed E-state index contributed by atoms with van der Waals surface area (Å²) in [5.74, 6) is 2.16. The van der Waals surface area contributed by atoms with Crippen LogP contribution in [0.2, 0.25) is 0 Å². The molecular formula is C14H15NO2. The average Bonchev–Trinajstić information content (AvgIpc) is 2.36. The van der Waals surface area contributed by atoms with Crippen LogP contribution in [0.3, 0.4) is 0 Å². The van der Waals surface area contributed by atoms with Crippen LogP contribution < -0.4 is 5.32 Å². The molecular weight excluding hydrogens is 214 g/mol. The lowest BCUT2D eigenvalue weighted by atomic mass is 10.2. The summed E-state index contributed by atoms with van der Waals surface area (Å²) in [6.07, 6.45) is 5.29. The minimum Gasteiger partial charge on any atom is -0.463 e. The van der Waals surface area contributed by atoms with Gasteiger partial charge in [0.05, 0.1) is 6.61 Å². The molecule has 0 amide bonds. The Hall–Kier alpha value is -2.21. The second kappa shape index (κ2) is 6.39. The molecule has 17 heavy (non-hydrogen) atoms. The van der Waals surface area contributed by atoms with Crippen LogP contribution in [-0.2, 0) is 9.53 Å². The topological polar surface area (TPSA) is 38.3 Å². The number of nitrogens with one attached hydrogen (secondary N) is 1. The number of hydrogen-bond acceptors (Lipinski definition) is 3. The van der Waals surface area contributed by atoms with Crippen molar-refractivity contribution in [3.05, 3.63) is 42.0 Å². The number of carbonyl (C=O) groups excluding carboxylic acids is 1. The van der Waals surface area contributed by atoms with Gasteiger partial charge in [-0.1, -0.05) is 18.6 Å². The zero-order valence-corrected chi connectivity index (χ0v) is 9.82. The monoisotopic (exact) mass is 229 g/mol. The van der Waals surface area contributed by atoms with Crippen LogP contribution in [-0.4, -0.2) is 19.1 Å². The van der Waals surface area contributed by atoms with E-state index in [1.807, 2.05) is 24.3 Å². The predicted octanol–water partition coefficient (Wildman–Crippen LogP) is 2.20. The van der Waals surface area contributed by atoms with Gasteiger partial charge in [0.2, 0.25) is 0 Å². The molecule has 0 spiro atoms. The zero-order chi connectivity index (χ0) is 12.7. The number of esters is 1. The van der Waals surface area contributed by atoms with Crippen molar-refractivity contribution in [3.63, 3.8) is 0 Å². The first-order valence-electron chi connectivity index (χ1n) is 5.32. The first-order valence-corrected chi connectivity index (χ1v) is 5.32. The van der Waals surface area contributed by atoms with Crippen molar-refractivity contribution in [1.82, 2.24) is 0 Å². The fourth-order valence-electron chi connectivity index (χ4n) is 1.23. The molecule has 0 aromatic heterocycles. The Labute approximate surface area is 101 Å². The van der Waals surface area contributed by atoms with Gasteiger partial charge < -0.3 is 10.1 Å². The molecule has 0 bridgehead atoms. The van der Waals surface area contributed by atoms with E-state index >= 15 is 0 Å². The molecule has 1 aromatic carbocycles. The molecule has 1 rings (SSSR count). The van der Waals surface area contributed by atoms with Gasteiger partial charge in [0.15, 0.2) is 0 Å². The molecule has 0 radical (unpaired) electrons. The first kappa shape index (κ1) is 12.9. The summed E-state index contributed by atoms with van der Waals surface area (Å²) in [7, 11) is 0. The summed E-state index contributed by atoms with van der Waals surface area (Å²) in [5.41, 5.74) is 2.03. The van der Waals surface area contributed by atoms with Crippen LogP contribution in [0, 0.1) is 12.3 Å². The van der Waals surface area contributed by atoms with Crippen LogP contribution in [0.15, 0.2) is 36.4 Å². The Morgan fingerprint density at radius 2 is 2.35 bits per heavy atom. The zero-order valence-electron chi connectivity index (χ0n) is 9.82. The number of benzene rings is 1. The van der Waals surface area contributed by atoms with E-state index in [2.05, 4.69) is 17.8 Å². The minimum atomic E-state index is -0.381. The van der Waals surface area contributed by atoms with Crippen molar-refractivity contribution < 1.29 is 9.53 Å². The Morgan fingerprint density at radius 1 is 1.59 bits per heavy atom. The Balaban J connectivity index is 2.53. The highest BCUT2D eigenvalue weighted by molar-refractivity contribution is 5.88. The highest BCUT2D eigenvalue weighted by Crippen LogP contribution is 2.10. The lowest BCUT2D eigenvalue weighted by molar-refractivity contribution is -0.138. The lowest BCUT2D eigenvalue weighted by Gasteiger charge is -2.08. The van der Waals surface area contributed by atoms with E-state index in [1.165, 1.54) is 0 Å². The van der Waals surface area contributed by atoms with Gasteiger partial charge in [-0.2, -0.15) is 0 Å². The van der Waals surface area contributed by atoms with Crippen molar-refractivity contribution in [2.45, 2.75) is 6.92 Å². The summed E-state index contributed by atoms with van der Waals surface area (Å²) in [5, 5.41) is 3.06. The normalized spacial score (nSPS) is 9.18. The molecule has 0 unspecified atom stereocenters. The molecule has 0 saturated carbocycles. The molecule has 0 saturated heterocycles. The van der Waals surface area contributed by atoms with Gasteiger partial charge in [0.25, 0.3) is 0 Å². The number of anilines is 1. The summed E-state index contributed by atoms with van der Waals surface area (Å²) in [4.78, 5) is 11.3. The fraction of sp³-hybridized carbons (Fsp3) is 0.214. The van der Waals surface area contributed by atoms with E-state index in [0.717, 1.165) is 11.3 Å². The minimum absolute atomic E-state index is 0.340. The van der Waals surface area contributed by atoms with Crippen molar-refractivity contribution in [2.24, 2.45) is 0 Å². The van der Waals surface area contributed by atoms with Crippen LogP contribution in [0.25, 0.3) is 0 Å². The average molecular weight is 229 g/mol. The highest BCUT2D eigenvalue weighted by atomic mass is 16.5. The number of carbonyl (C=O) groups is 1. The van der Waals surface area contributed by atoms with E-state index in [0.29, 0.717) is 18.7 Å². The SMILES string of the molecule is C#Cc1cccc(NCC(=C)C(=O)OCC)c1. The molecule has 3 nitrogen and oxygen atoms in total. The van der Waals surface area contributed by atoms with E-state index in [1.54, 1.807) is 6.92 Å². The number of ether oxygens (including phenoxy) is 1. The van der Waals surface area contributed by atoms with Crippen molar-refractivity contribution in [3.8, 4) is 12.3 Å². The Bertz CT molecular complexity index is 458. The van der Waals surface area contributed by atoms with Gasteiger partial charge in [-0.25, -0.2) is 4.79 Å². The molecule has 88 valence electrons. The van der Waals surface area contributed by atoms with Crippen molar-refractivity contribution in [2.75, 3.05) is 18.5 Å². The Kier molecular flexibility index (Phi) is 4.83. The molecule has 1 N–H and O–H groups in total. The molecule has 3 heteroatoms.